The van der Waals surface area contributed by atoms with E-state index in [4.69, 9.17) is 4.98 Å². The molecule has 3 heterocycles. The quantitative estimate of drug-likeness (QED) is 0.744. The molecule has 1 aromatic carbocycles. The number of nitrogens with zero attached hydrogens (tertiary/aromatic N) is 3. The number of fused-ring (bicyclic) bond motifs is 4. The minimum absolute atomic E-state index is 0.144. The Morgan fingerprint density at radius 1 is 1.24 bits per heavy atom. The molecule has 0 unspecified atom stereocenters. The lowest BCUT2D eigenvalue weighted by atomic mass is 9.84. The number of likely N-dealkylation sites (N-methyl/N-ethyl adjacent to an activating group) is 1. The number of rotatable bonds is 0. The molecule has 0 spiro atoms. The summed E-state index contributed by atoms with van der Waals surface area (Å²) in [4.78, 5) is 20.2. The lowest BCUT2D eigenvalue weighted by Gasteiger charge is -2.42. The van der Waals surface area contributed by atoms with Crippen LogP contribution in [0.15, 0.2) is 23.0 Å². The normalized spacial score (nSPS) is 25.6. The highest BCUT2D eigenvalue weighted by molar-refractivity contribution is 5.80. The molecule has 1 saturated heterocycles. The molecule has 4 nitrogen and oxygen atoms in total. The second-order valence-electron chi connectivity index (χ2n) is 6.48. The van der Waals surface area contributed by atoms with Gasteiger partial charge in [-0.1, -0.05) is 12.1 Å². The average Bonchev–Trinajstić information content (AvgIpc) is 2.49. The molecule has 0 saturated carbocycles. The minimum Gasteiger partial charge on any atom is -0.303 e. The second-order valence-corrected chi connectivity index (χ2v) is 6.48. The fourth-order valence-corrected chi connectivity index (χ4v) is 4.11. The molecule has 2 atom stereocenters. The molecule has 2 aromatic rings. The van der Waals surface area contributed by atoms with Gasteiger partial charge in [-0.15, -0.1) is 0 Å². The molecule has 4 rings (SSSR count). The van der Waals surface area contributed by atoms with E-state index < -0.39 is 0 Å². The summed E-state index contributed by atoms with van der Waals surface area (Å²) in [5.41, 5.74) is 2.13. The number of hydrogen-bond donors (Lipinski definition) is 0. The predicted molar refractivity (Wildman–Crippen MR) is 83.8 cm³/mol. The summed E-state index contributed by atoms with van der Waals surface area (Å²) in [7, 11) is 2.21. The summed E-state index contributed by atoms with van der Waals surface area (Å²) in [5.74, 6) is 1.43. The predicted octanol–water partition coefficient (Wildman–Crippen LogP) is 2.29. The molecular weight excluding hydrogens is 262 g/mol. The number of likely N-dealkylation sites (tertiary alicyclic amines) is 1. The molecule has 0 N–H and O–H groups in total. The Morgan fingerprint density at radius 2 is 2.10 bits per heavy atom. The van der Waals surface area contributed by atoms with Crippen LogP contribution in [0.1, 0.15) is 36.6 Å². The summed E-state index contributed by atoms with van der Waals surface area (Å²) in [6, 6.07) is 6.45. The first-order valence-corrected chi connectivity index (χ1v) is 7.87. The number of hydrogen-bond acceptors (Lipinski definition) is 3. The number of aryl methyl sites for hydroxylation is 1. The first kappa shape index (κ1) is 13.0. The van der Waals surface area contributed by atoms with E-state index in [0.717, 1.165) is 48.2 Å². The number of aromatic nitrogens is 2. The summed E-state index contributed by atoms with van der Waals surface area (Å²) < 4.78 is 1.93. The highest BCUT2D eigenvalue weighted by Gasteiger charge is 2.36. The van der Waals surface area contributed by atoms with E-state index in [2.05, 4.69) is 11.9 Å². The van der Waals surface area contributed by atoms with E-state index in [-0.39, 0.29) is 5.56 Å². The highest BCUT2D eigenvalue weighted by atomic mass is 16.1. The van der Waals surface area contributed by atoms with Gasteiger partial charge in [-0.2, -0.15) is 0 Å². The van der Waals surface area contributed by atoms with E-state index in [1.807, 2.05) is 29.7 Å². The van der Waals surface area contributed by atoms with Crippen molar-refractivity contribution >= 4 is 10.9 Å². The van der Waals surface area contributed by atoms with Gasteiger partial charge in [0.05, 0.1) is 10.9 Å². The molecule has 110 valence electrons. The van der Waals surface area contributed by atoms with Crippen molar-refractivity contribution in [3.63, 3.8) is 0 Å². The Morgan fingerprint density at radius 3 is 2.95 bits per heavy atom. The molecule has 0 bridgehead atoms. The topological polar surface area (TPSA) is 38.1 Å². The molecule has 1 aromatic heterocycles. The van der Waals surface area contributed by atoms with Gasteiger partial charge in [0.15, 0.2) is 0 Å². The van der Waals surface area contributed by atoms with Crippen LogP contribution >= 0.6 is 0 Å². The lowest BCUT2D eigenvalue weighted by Crippen LogP contribution is -2.47. The minimum atomic E-state index is 0.144. The highest BCUT2D eigenvalue weighted by Crippen LogP contribution is 2.36. The Balaban J connectivity index is 1.97. The third-order valence-electron chi connectivity index (χ3n) is 5.25. The van der Waals surface area contributed by atoms with Crippen molar-refractivity contribution in [1.29, 1.82) is 0 Å². The van der Waals surface area contributed by atoms with Crippen LogP contribution < -0.4 is 5.56 Å². The number of benzene rings is 1. The van der Waals surface area contributed by atoms with Gasteiger partial charge in [0.25, 0.3) is 5.56 Å². The van der Waals surface area contributed by atoms with Gasteiger partial charge in [-0.25, -0.2) is 4.98 Å². The Bertz CT molecular complexity index is 764. The first-order chi connectivity index (χ1) is 10.2. The molecule has 0 amide bonds. The van der Waals surface area contributed by atoms with Crippen molar-refractivity contribution in [1.82, 2.24) is 14.5 Å². The summed E-state index contributed by atoms with van der Waals surface area (Å²) in [5, 5.41) is 0.765. The molecule has 4 heteroatoms. The van der Waals surface area contributed by atoms with Crippen LogP contribution in [-0.4, -0.2) is 34.1 Å². The Hall–Kier alpha value is -1.68. The van der Waals surface area contributed by atoms with Gasteiger partial charge in [-0.3, -0.25) is 9.36 Å². The van der Waals surface area contributed by atoms with Gasteiger partial charge >= 0.3 is 0 Å². The number of piperidine rings is 1. The van der Waals surface area contributed by atoms with Crippen molar-refractivity contribution < 1.29 is 0 Å². The van der Waals surface area contributed by atoms with Crippen LogP contribution in [0.5, 0.6) is 0 Å². The molecule has 0 radical (unpaired) electrons. The fraction of sp³-hybridized carbons (Fsp3) is 0.529. The summed E-state index contributed by atoms with van der Waals surface area (Å²) in [6.45, 7) is 4.01. The van der Waals surface area contributed by atoms with E-state index in [0.29, 0.717) is 12.0 Å². The van der Waals surface area contributed by atoms with E-state index in [1.165, 1.54) is 6.42 Å². The van der Waals surface area contributed by atoms with Crippen LogP contribution in [-0.2, 0) is 6.54 Å². The number of para-hydroxylation sites is 1. The first-order valence-electron chi connectivity index (χ1n) is 7.87. The third-order valence-corrected chi connectivity index (χ3v) is 5.25. The van der Waals surface area contributed by atoms with Gasteiger partial charge in [-0.05, 0) is 51.4 Å². The maximum Gasteiger partial charge on any atom is 0.261 e. The Kier molecular flexibility index (Phi) is 2.89. The molecular formula is C17H21N3O. The molecule has 0 aliphatic carbocycles. The van der Waals surface area contributed by atoms with Gasteiger partial charge in [0, 0.05) is 18.5 Å². The van der Waals surface area contributed by atoms with Crippen LogP contribution in [0.4, 0.5) is 0 Å². The van der Waals surface area contributed by atoms with Crippen molar-refractivity contribution in [2.24, 2.45) is 0 Å². The lowest BCUT2D eigenvalue weighted by molar-refractivity contribution is 0.123. The fourth-order valence-electron chi connectivity index (χ4n) is 4.11. The van der Waals surface area contributed by atoms with Crippen LogP contribution in [0.3, 0.4) is 0 Å². The van der Waals surface area contributed by atoms with Gasteiger partial charge in [0.2, 0.25) is 0 Å². The van der Waals surface area contributed by atoms with Crippen LogP contribution in [0, 0.1) is 6.92 Å². The molecule has 21 heavy (non-hydrogen) atoms. The van der Waals surface area contributed by atoms with Gasteiger partial charge in [0.1, 0.15) is 5.82 Å². The monoisotopic (exact) mass is 283 g/mol. The maximum absolute atomic E-state index is 12.8. The van der Waals surface area contributed by atoms with Crippen LogP contribution in [0.2, 0.25) is 0 Å². The van der Waals surface area contributed by atoms with Crippen molar-refractivity contribution in [3.05, 3.63) is 39.9 Å². The zero-order valence-electron chi connectivity index (χ0n) is 12.7. The zero-order valence-corrected chi connectivity index (χ0v) is 12.7. The average molecular weight is 283 g/mol. The van der Waals surface area contributed by atoms with Crippen molar-refractivity contribution in [2.75, 3.05) is 13.6 Å². The molecule has 1 fully saturated rings. The second kappa shape index (κ2) is 4.67. The standard InChI is InChI=1S/C17H21N3O/c1-11-5-3-6-13-15(11)18-16-12-7-4-9-19(2)14(12)8-10-20(16)17(13)21/h3,5-6,12,14H,4,7-10H2,1-2H3/t12-,14-/m1/s1. The van der Waals surface area contributed by atoms with E-state index in [9.17, 15) is 4.79 Å². The van der Waals surface area contributed by atoms with Crippen LogP contribution in [0.25, 0.3) is 10.9 Å². The summed E-state index contributed by atoms with van der Waals surface area (Å²) >= 11 is 0. The Labute approximate surface area is 124 Å². The van der Waals surface area contributed by atoms with Crippen molar-refractivity contribution in [2.45, 2.75) is 44.7 Å². The molecule has 2 aliphatic rings. The molecule has 2 aliphatic heterocycles. The zero-order chi connectivity index (χ0) is 14.6. The van der Waals surface area contributed by atoms with Crippen molar-refractivity contribution in [3.8, 4) is 0 Å². The third kappa shape index (κ3) is 1.85. The van der Waals surface area contributed by atoms with E-state index in [1.54, 1.807) is 0 Å². The smallest absolute Gasteiger partial charge is 0.261 e. The summed E-state index contributed by atoms with van der Waals surface area (Å²) in [6.07, 6.45) is 3.41. The SMILES string of the molecule is Cc1cccc2c(=O)n3c(nc12)[C@@H]1CCCN(C)[C@@H]1CC3. The largest absolute Gasteiger partial charge is 0.303 e. The maximum atomic E-state index is 12.8. The van der Waals surface area contributed by atoms with Gasteiger partial charge < -0.3 is 4.90 Å². The van der Waals surface area contributed by atoms with E-state index >= 15 is 0 Å².